The number of aryl methyl sites for hydroxylation is 1. The molecule has 1 aromatic carbocycles. The van der Waals surface area contributed by atoms with Gasteiger partial charge in [0.15, 0.2) is 0 Å². The van der Waals surface area contributed by atoms with Gasteiger partial charge in [-0.05, 0) is 37.3 Å². The second-order valence-corrected chi connectivity index (χ2v) is 5.83. The van der Waals surface area contributed by atoms with Crippen LogP contribution in [0.2, 0.25) is 0 Å². The fourth-order valence-electron chi connectivity index (χ4n) is 2.85. The minimum absolute atomic E-state index is 0.0693. The van der Waals surface area contributed by atoms with Crippen molar-refractivity contribution >= 4 is 5.91 Å². The SMILES string of the molecule is Cc1ccc(C(CNC(=O)c2cccc(F)c2)N2CCOCC2)o1. The van der Waals surface area contributed by atoms with Crippen LogP contribution >= 0.6 is 0 Å². The fourth-order valence-corrected chi connectivity index (χ4v) is 2.85. The van der Waals surface area contributed by atoms with Crippen molar-refractivity contribution in [1.29, 1.82) is 0 Å². The van der Waals surface area contributed by atoms with Crippen LogP contribution in [-0.2, 0) is 4.74 Å². The lowest BCUT2D eigenvalue weighted by Crippen LogP contribution is -2.43. The standard InChI is InChI=1S/C18H21FN2O3/c1-13-5-6-17(24-13)16(21-7-9-23-10-8-21)12-20-18(22)14-3-2-4-15(19)11-14/h2-6,11,16H,7-10,12H2,1H3,(H,20,22). The predicted octanol–water partition coefficient (Wildman–Crippen LogP) is 2.53. The van der Waals surface area contributed by atoms with Gasteiger partial charge in [0.2, 0.25) is 0 Å². The van der Waals surface area contributed by atoms with Crippen molar-refractivity contribution in [3.63, 3.8) is 0 Å². The van der Waals surface area contributed by atoms with Gasteiger partial charge >= 0.3 is 0 Å². The van der Waals surface area contributed by atoms with E-state index in [0.29, 0.717) is 25.3 Å². The quantitative estimate of drug-likeness (QED) is 0.914. The Bertz CT molecular complexity index is 695. The lowest BCUT2D eigenvalue weighted by molar-refractivity contribution is 0.0117. The molecule has 1 unspecified atom stereocenters. The minimum atomic E-state index is -0.422. The molecule has 0 spiro atoms. The van der Waals surface area contributed by atoms with Gasteiger partial charge in [0.25, 0.3) is 5.91 Å². The number of rotatable bonds is 5. The van der Waals surface area contributed by atoms with Gasteiger partial charge in [0.1, 0.15) is 17.3 Å². The molecule has 0 bridgehead atoms. The molecule has 1 aliphatic heterocycles. The lowest BCUT2D eigenvalue weighted by Gasteiger charge is -2.33. The molecule has 0 saturated carbocycles. The van der Waals surface area contributed by atoms with E-state index in [2.05, 4.69) is 10.2 Å². The third-order valence-corrected chi connectivity index (χ3v) is 4.12. The highest BCUT2D eigenvalue weighted by Gasteiger charge is 2.25. The van der Waals surface area contributed by atoms with Crippen LogP contribution in [0, 0.1) is 12.7 Å². The van der Waals surface area contributed by atoms with Crippen molar-refractivity contribution in [1.82, 2.24) is 10.2 Å². The van der Waals surface area contributed by atoms with Gasteiger partial charge in [-0.3, -0.25) is 9.69 Å². The highest BCUT2D eigenvalue weighted by molar-refractivity contribution is 5.94. The van der Waals surface area contributed by atoms with Crippen molar-refractivity contribution < 1.29 is 18.3 Å². The van der Waals surface area contributed by atoms with Gasteiger partial charge < -0.3 is 14.5 Å². The van der Waals surface area contributed by atoms with Gasteiger partial charge in [-0.1, -0.05) is 6.07 Å². The average molecular weight is 332 g/mol. The Balaban J connectivity index is 1.70. The maximum atomic E-state index is 13.3. The zero-order chi connectivity index (χ0) is 16.9. The highest BCUT2D eigenvalue weighted by Crippen LogP contribution is 2.23. The van der Waals surface area contributed by atoms with Crippen LogP contribution in [0.25, 0.3) is 0 Å². The summed E-state index contributed by atoms with van der Waals surface area (Å²) in [6.45, 7) is 5.16. The molecule has 1 saturated heterocycles. The van der Waals surface area contributed by atoms with Crippen molar-refractivity contribution in [2.75, 3.05) is 32.8 Å². The molecule has 1 atom stereocenters. The van der Waals surface area contributed by atoms with E-state index >= 15 is 0 Å². The fraction of sp³-hybridized carbons (Fsp3) is 0.389. The van der Waals surface area contributed by atoms with Crippen molar-refractivity contribution in [3.8, 4) is 0 Å². The number of halogens is 1. The number of hydrogen-bond acceptors (Lipinski definition) is 4. The van der Waals surface area contributed by atoms with E-state index in [1.165, 1.54) is 18.2 Å². The van der Waals surface area contributed by atoms with Crippen LogP contribution < -0.4 is 5.32 Å². The third-order valence-electron chi connectivity index (χ3n) is 4.12. The molecule has 1 amide bonds. The Kier molecular flexibility index (Phi) is 5.27. The van der Waals surface area contributed by atoms with Crippen LogP contribution in [-0.4, -0.2) is 43.7 Å². The number of furan rings is 1. The number of ether oxygens (including phenoxy) is 1. The van der Waals surface area contributed by atoms with E-state index in [1.807, 2.05) is 19.1 Å². The van der Waals surface area contributed by atoms with E-state index < -0.39 is 5.82 Å². The van der Waals surface area contributed by atoms with Crippen LogP contribution in [0.1, 0.15) is 27.9 Å². The molecule has 2 aromatic rings. The summed E-state index contributed by atoms with van der Waals surface area (Å²) in [5.74, 6) is 0.929. The molecule has 1 aromatic heterocycles. The molecule has 1 N–H and O–H groups in total. The van der Waals surface area contributed by atoms with Crippen molar-refractivity contribution in [2.45, 2.75) is 13.0 Å². The van der Waals surface area contributed by atoms with Crippen molar-refractivity contribution in [2.24, 2.45) is 0 Å². The first-order chi connectivity index (χ1) is 11.6. The highest BCUT2D eigenvalue weighted by atomic mass is 19.1. The summed E-state index contributed by atoms with van der Waals surface area (Å²) in [5.41, 5.74) is 0.311. The van der Waals surface area contributed by atoms with Crippen molar-refractivity contribution in [3.05, 3.63) is 59.3 Å². The Morgan fingerprint density at radius 2 is 2.08 bits per heavy atom. The number of hydrogen-bond donors (Lipinski definition) is 1. The number of morpholine rings is 1. The first-order valence-electron chi connectivity index (χ1n) is 8.05. The number of amides is 1. The molecular formula is C18H21FN2O3. The monoisotopic (exact) mass is 332 g/mol. The molecule has 5 nitrogen and oxygen atoms in total. The average Bonchev–Trinajstić information content (AvgIpc) is 3.02. The number of benzene rings is 1. The largest absolute Gasteiger partial charge is 0.465 e. The number of nitrogens with one attached hydrogen (secondary N) is 1. The minimum Gasteiger partial charge on any atom is -0.465 e. The summed E-state index contributed by atoms with van der Waals surface area (Å²) >= 11 is 0. The zero-order valence-electron chi connectivity index (χ0n) is 13.6. The molecular weight excluding hydrogens is 311 g/mol. The normalized spacial score (nSPS) is 16.8. The first-order valence-corrected chi connectivity index (χ1v) is 8.05. The van der Waals surface area contributed by atoms with Crippen LogP contribution in [0.4, 0.5) is 4.39 Å². The third kappa shape index (κ3) is 4.01. The van der Waals surface area contributed by atoms with Crippen LogP contribution in [0.3, 0.4) is 0 Å². The van der Waals surface area contributed by atoms with E-state index in [0.717, 1.165) is 24.6 Å². The van der Waals surface area contributed by atoms with Crippen LogP contribution in [0.15, 0.2) is 40.8 Å². The van der Waals surface area contributed by atoms with E-state index in [4.69, 9.17) is 9.15 Å². The molecule has 0 aliphatic carbocycles. The number of carbonyl (C=O) groups excluding carboxylic acids is 1. The zero-order valence-corrected chi connectivity index (χ0v) is 13.6. The molecule has 6 heteroatoms. The maximum absolute atomic E-state index is 13.3. The van der Waals surface area contributed by atoms with Gasteiger partial charge in [0, 0.05) is 25.2 Å². The Labute approximate surface area is 140 Å². The Hall–Kier alpha value is -2.18. The second kappa shape index (κ2) is 7.59. The molecule has 1 aliphatic rings. The van der Waals surface area contributed by atoms with Gasteiger partial charge in [-0.15, -0.1) is 0 Å². The van der Waals surface area contributed by atoms with E-state index in [1.54, 1.807) is 6.07 Å². The Morgan fingerprint density at radius 1 is 1.29 bits per heavy atom. The predicted molar refractivity (Wildman–Crippen MR) is 87.3 cm³/mol. The smallest absolute Gasteiger partial charge is 0.251 e. The number of nitrogens with zero attached hydrogens (tertiary/aromatic N) is 1. The second-order valence-electron chi connectivity index (χ2n) is 5.83. The summed E-state index contributed by atoms with van der Waals surface area (Å²) in [6.07, 6.45) is 0. The summed E-state index contributed by atoms with van der Waals surface area (Å²) < 4.78 is 24.4. The molecule has 1 fully saturated rings. The summed E-state index contributed by atoms with van der Waals surface area (Å²) in [5, 5.41) is 2.88. The molecule has 24 heavy (non-hydrogen) atoms. The van der Waals surface area contributed by atoms with Gasteiger partial charge in [0.05, 0.1) is 19.3 Å². The van der Waals surface area contributed by atoms with Crippen LogP contribution in [0.5, 0.6) is 0 Å². The maximum Gasteiger partial charge on any atom is 0.251 e. The summed E-state index contributed by atoms with van der Waals surface area (Å²) in [7, 11) is 0. The van der Waals surface area contributed by atoms with E-state index in [-0.39, 0.29) is 11.9 Å². The summed E-state index contributed by atoms with van der Waals surface area (Å²) in [4.78, 5) is 14.5. The van der Waals surface area contributed by atoms with Gasteiger partial charge in [-0.25, -0.2) is 4.39 Å². The van der Waals surface area contributed by atoms with E-state index in [9.17, 15) is 9.18 Å². The number of carbonyl (C=O) groups is 1. The Morgan fingerprint density at radius 3 is 2.75 bits per heavy atom. The molecule has 3 rings (SSSR count). The summed E-state index contributed by atoms with van der Waals surface area (Å²) in [6, 6.07) is 9.45. The lowest BCUT2D eigenvalue weighted by atomic mass is 10.1. The van der Waals surface area contributed by atoms with Gasteiger partial charge in [-0.2, -0.15) is 0 Å². The molecule has 128 valence electrons. The molecule has 0 radical (unpaired) electrons. The topological polar surface area (TPSA) is 54.7 Å². The molecule has 2 heterocycles. The first kappa shape index (κ1) is 16.7.